The zero-order chi connectivity index (χ0) is 14.6. The fourth-order valence-electron chi connectivity index (χ4n) is 3.40. The Kier molecular flexibility index (Phi) is 2.49. The predicted molar refractivity (Wildman–Crippen MR) is 94.7 cm³/mol. The molecule has 1 heterocycles. The Morgan fingerprint density at radius 3 is 2.62 bits per heavy atom. The largest absolute Gasteiger partial charge is 0.354 e. The number of benzene rings is 3. The van der Waals surface area contributed by atoms with Crippen molar-refractivity contribution in [3.8, 4) is 0 Å². The van der Waals surface area contributed by atoms with E-state index in [0.717, 1.165) is 27.4 Å². The third kappa shape index (κ3) is 1.53. The first-order valence-electron chi connectivity index (χ1n) is 7.08. The van der Waals surface area contributed by atoms with Crippen LogP contribution in [0.1, 0.15) is 18.1 Å². The van der Waals surface area contributed by atoms with Crippen molar-refractivity contribution in [1.82, 2.24) is 4.98 Å². The molecule has 3 aromatic carbocycles. The Bertz CT molecular complexity index is 1020. The van der Waals surface area contributed by atoms with E-state index in [-0.39, 0.29) is 0 Å². The minimum absolute atomic E-state index is 0.770. The summed E-state index contributed by atoms with van der Waals surface area (Å²) in [6.07, 6.45) is 6.15. The van der Waals surface area contributed by atoms with Crippen molar-refractivity contribution in [2.24, 2.45) is 0 Å². The summed E-state index contributed by atoms with van der Waals surface area (Å²) >= 11 is 0. The van der Waals surface area contributed by atoms with Crippen LogP contribution in [0.15, 0.2) is 43.0 Å². The normalized spacial score (nSPS) is 12.2. The van der Waals surface area contributed by atoms with E-state index >= 15 is 0 Å². The molecule has 4 rings (SSSR count). The molecular weight excluding hydrogens is 253 g/mol. The van der Waals surface area contributed by atoms with Crippen molar-refractivity contribution < 1.29 is 0 Å². The lowest BCUT2D eigenvalue weighted by atomic mass is 9.87. The predicted octanol–water partition coefficient (Wildman–Crippen LogP) is 4.38. The quantitative estimate of drug-likeness (QED) is 0.409. The van der Waals surface area contributed by atoms with Crippen LogP contribution in [0.5, 0.6) is 0 Å². The summed E-state index contributed by atoms with van der Waals surface area (Å²) in [5, 5.41) is 4.95. The van der Waals surface area contributed by atoms with Gasteiger partial charge in [0.05, 0.1) is 0 Å². The third-order valence-corrected chi connectivity index (χ3v) is 4.15. The second kappa shape index (κ2) is 4.26. The van der Waals surface area contributed by atoms with Crippen molar-refractivity contribution in [1.29, 1.82) is 0 Å². The molecule has 0 aliphatic rings. The molecule has 4 aromatic rings. The number of rotatable bonds is 2. The first kappa shape index (κ1) is 12.3. The summed E-state index contributed by atoms with van der Waals surface area (Å²) in [6.45, 7) is 6.05. The highest BCUT2D eigenvalue weighted by Crippen LogP contribution is 2.39. The maximum atomic E-state index is 6.08. The zero-order valence-corrected chi connectivity index (χ0v) is 11.9. The highest BCUT2D eigenvalue weighted by Gasteiger charge is 2.16. The highest BCUT2D eigenvalue weighted by molar-refractivity contribution is 6.37. The SMILES string of the molecule is [B]c1cc2[nH]c3cccc4c(/C=C\C)c(C=C)c(c1)c2c34. The second-order valence-corrected chi connectivity index (χ2v) is 5.38. The van der Waals surface area contributed by atoms with Gasteiger partial charge in [0.25, 0.3) is 0 Å². The molecule has 21 heavy (non-hydrogen) atoms. The van der Waals surface area contributed by atoms with E-state index in [1.165, 1.54) is 21.7 Å². The Morgan fingerprint density at radius 2 is 1.86 bits per heavy atom. The van der Waals surface area contributed by atoms with Gasteiger partial charge in [0.2, 0.25) is 0 Å². The molecule has 0 fully saturated rings. The van der Waals surface area contributed by atoms with Crippen molar-refractivity contribution in [2.75, 3.05) is 0 Å². The van der Waals surface area contributed by atoms with Crippen LogP contribution < -0.4 is 5.46 Å². The van der Waals surface area contributed by atoms with Crippen LogP contribution in [0.3, 0.4) is 0 Å². The Labute approximate surface area is 124 Å². The fraction of sp³-hybridized carbons (Fsp3) is 0.0526. The molecule has 0 bridgehead atoms. The van der Waals surface area contributed by atoms with E-state index in [2.05, 4.69) is 41.9 Å². The standard InChI is InChI=1S/C19H14BN/c1-3-6-13-12(4-2)15-9-11(20)10-17-19(15)18-14(13)7-5-8-16(18)21-17/h3-10,21H,2H2,1H3/b6-3-. The number of hydrogen-bond donors (Lipinski definition) is 1. The summed E-state index contributed by atoms with van der Waals surface area (Å²) in [5.74, 6) is 0. The topological polar surface area (TPSA) is 15.8 Å². The summed E-state index contributed by atoms with van der Waals surface area (Å²) in [6, 6.07) is 10.4. The molecule has 0 saturated carbocycles. The Hall–Kier alpha value is -2.48. The lowest BCUT2D eigenvalue weighted by Gasteiger charge is -2.12. The molecule has 0 spiro atoms. The third-order valence-electron chi connectivity index (χ3n) is 4.15. The van der Waals surface area contributed by atoms with Crippen LogP contribution in [-0.2, 0) is 0 Å². The average molecular weight is 267 g/mol. The molecular formula is C19H14BN. The molecule has 0 saturated heterocycles. The van der Waals surface area contributed by atoms with Gasteiger partial charge in [-0.1, -0.05) is 48.5 Å². The van der Waals surface area contributed by atoms with E-state index in [1.807, 2.05) is 25.1 Å². The molecule has 2 heteroatoms. The van der Waals surface area contributed by atoms with Crippen LogP contribution in [0.4, 0.5) is 0 Å². The Morgan fingerprint density at radius 1 is 1.05 bits per heavy atom. The summed E-state index contributed by atoms with van der Waals surface area (Å²) < 4.78 is 0. The molecule has 1 aromatic heterocycles. The van der Waals surface area contributed by atoms with E-state index in [1.54, 1.807) is 0 Å². The van der Waals surface area contributed by atoms with E-state index in [9.17, 15) is 0 Å². The van der Waals surface area contributed by atoms with Crippen molar-refractivity contribution >= 4 is 58.0 Å². The lowest BCUT2D eigenvalue weighted by molar-refractivity contribution is 1.56. The summed E-state index contributed by atoms with van der Waals surface area (Å²) in [7, 11) is 6.08. The van der Waals surface area contributed by atoms with Crippen LogP contribution in [0, 0.1) is 0 Å². The number of aromatic nitrogens is 1. The first-order valence-corrected chi connectivity index (χ1v) is 7.08. The van der Waals surface area contributed by atoms with Crippen molar-refractivity contribution in [3.05, 3.63) is 54.1 Å². The summed E-state index contributed by atoms with van der Waals surface area (Å²) in [5.41, 5.74) is 5.36. The number of allylic oxidation sites excluding steroid dienone is 1. The number of nitrogens with one attached hydrogen (secondary N) is 1. The van der Waals surface area contributed by atoms with E-state index in [0.29, 0.717) is 0 Å². The number of hydrogen-bond acceptors (Lipinski definition) is 0. The van der Waals surface area contributed by atoms with E-state index in [4.69, 9.17) is 7.85 Å². The van der Waals surface area contributed by atoms with Crippen LogP contribution in [0.25, 0.3) is 44.7 Å². The molecule has 0 atom stereocenters. The van der Waals surface area contributed by atoms with Crippen LogP contribution >= 0.6 is 0 Å². The van der Waals surface area contributed by atoms with Gasteiger partial charge in [-0.15, -0.1) is 0 Å². The van der Waals surface area contributed by atoms with E-state index < -0.39 is 0 Å². The van der Waals surface area contributed by atoms with Gasteiger partial charge in [-0.25, -0.2) is 0 Å². The van der Waals surface area contributed by atoms with Crippen LogP contribution in [0.2, 0.25) is 0 Å². The maximum absolute atomic E-state index is 6.08. The minimum atomic E-state index is 0.770. The van der Waals surface area contributed by atoms with Gasteiger partial charge in [-0.2, -0.15) is 0 Å². The summed E-state index contributed by atoms with van der Waals surface area (Å²) in [4.78, 5) is 3.48. The monoisotopic (exact) mass is 267 g/mol. The van der Waals surface area contributed by atoms with Crippen LogP contribution in [-0.4, -0.2) is 12.8 Å². The molecule has 0 amide bonds. The molecule has 98 valence electrons. The number of aromatic amines is 1. The Balaban J connectivity index is 2.43. The van der Waals surface area contributed by atoms with Gasteiger partial charge in [0.1, 0.15) is 7.85 Å². The molecule has 1 N–H and O–H groups in total. The fourth-order valence-corrected chi connectivity index (χ4v) is 3.40. The maximum Gasteiger partial charge on any atom is 0.113 e. The molecule has 2 radical (unpaired) electrons. The second-order valence-electron chi connectivity index (χ2n) is 5.38. The number of H-pyrrole nitrogens is 1. The van der Waals surface area contributed by atoms with Crippen molar-refractivity contribution in [2.45, 2.75) is 6.92 Å². The minimum Gasteiger partial charge on any atom is -0.354 e. The molecule has 0 aliphatic carbocycles. The molecule has 1 nitrogen and oxygen atoms in total. The van der Waals surface area contributed by atoms with Gasteiger partial charge < -0.3 is 4.98 Å². The van der Waals surface area contributed by atoms with Gasteiger partial charge in [-0.05, 0) is 41.0 Å². The average Bonchev–Trinajstić information content (AvgIpc) is 2.84. The smallest absolute Gasteiger partial charge is 0.113 e. The van der Waals surface area contributed by atoms with Gasteiger partial charge in [0, 0.05) is 21.8 Å². The van der Waals surface area contributed by atoms with Gasteiger partial charge in [0.15, 0.2) is 0 Å². The first-order chi connectivity index (χ1) is 10.2. The van der Waals surface area contributed by atoms with Gasteiger partial charge in [-0.3, -0.25) is 0 Å². The zero-order valence-electron chi connectivity index (χ0n) is 11.9. The van der Waals surface area contributed by atoms with Crippen molar-refractivity contribution in [3.63, 3.8) is 0 Å². The molecule has 0 unspecified atom stereocenters. The van der Waals surface area contributed by atoms with Gasteiger partial charge >= 0.3 is 0 Å². The highest BCUT2D eigenvalue weighted by atomic mass is 14.7. The lowest BCUT2D eigenvalue weighted by Crippen LogP contribution is -2.02. The molecule has 0 aliphatic heterocycles.